The van der Waals surface area contributed by atoms with Crippen molar-refractivity contribution in [3.63, 3.8) is 0 Å². The lowest BCUT2D eigenvalue weighted by atomic mass is 10.1. The Labute approximate surface area is 167 Å². The summed E-state index contributed by atoms with van der Waals surface area (Å²) >= 11 is 5.82. The summed E-state index contributed by atoms with van der Waals surface area (Å²) in [6, 6.07) is 12.3. The van der Waals surface area contributed by atoms with Crippen LogP contribution in [0.1, 0.15) is 5.56 Å². The predicted molar refractivity (Wildman–Crippen MR) is 103 cm³/mol. The van der Waals surface area contributed by atoms with Gasteiger partial charge in [0.25, 0.3) is 0 Å². The van der Waals surface area contributed by atoms with E-state index < -0.39 is 17.8 Å². The topological polar surface area (TPSA) is 35.9 Å². The Kier molecular flexibility index (Phi) is 6.69. The van der Waals surface area contributed by atoms with Crippen molar-refractivity contribution < 1.29 is 23.0 Å². The molecule has 1 fully saturated rings. The predicted octanol–water partition coefficient (Wildman–Crippen LogP) is 3.92. The molecule has 1 saturated heterocycles. The van der Waals surface area contributed by atoms with E-state index >= 15 is 0 Å². The molecule has 0 spiro atoms. The van der Waals surface area contributed by atoms with Gasteiger partial charge < -0.3 is 14.7 Å². The summed E-state index contributed by atoms with van der Waals surface area (Å²) in [5.74, 6) is 0.637. The number of halogens is 4. The first-order valence-corrected chi connectivity index (χ1v) is 9.40. The lowest BCUT2D eigenvalue weighted by Gasteiger charge is -2.37. The fraction of sp³-hybridized carbons (Fsp3) is 0.400. The zero-order valence-electron chi connectivity index (χ0n) is 15.2. The molecule has 8 heteroatoms. The maximum Gasteiger partial charge on any atom is 0.416 e. The van der Waals surface area contributed by atoms with E-state index in [1.54, 1.807) is 30.3 Å². The Morgan fingerprint density at radius 2 is 1.71 bits per heavy atom. The second-order valence-electron chi connectivity index (χ2n) is 6.75. The first-order valence-electron chi connectivity index (χ1n) is 9.02. The molecule has 0 bridgehead atoms. The number of alkyl halides is 3. The van der Waals surface area contributed by atoms with Crippen molar-refractivity contribution in [3.05, 3.63) is 59.1 Å². The molecule has 2 aromatic carbocycles. The van der Waals surface area contributed by atoms with E-state index in [1.165, 1.54) is 12.1 Å². The van der Waals surface area contributed by atoms with Crippen molar-refractivity contribution in [2.45, 2.75) is 12.3 Å². The third-order valence-electron chi connectivity index (χ3n) is 4.64. The summed E-state index contributed by atoms with van der Waals surface area (Å²) in [6.45, 7) is 3.14. The molecule has 1 atom stereocenters. The second kappa shape index (κ2) is 9.03. The zero-order chi connectivity index (χ0) is 20.1. The minimum atomic E-state index is -4.34. The van der Waals surface area contributed by atoms with Crippen molar-refractivity contribution in [2.75, 3.05) is 44.2 Å². The second-order valence-corrected chi connectivity index (χ2v) is 7.19. The largest absolute Gasteiger partial charge is 0.491 e. The lowest BCUT2D eigenvalue weighted by molar-refractivity contribution is -0.137. The Balaban J connectivity index is 1.45. The highest BCUT2D eigenvalue weighted by atomic mass is 35.5. The molecule has 2 aromatic rings. The Bertz CT molecular complexity index is 763. The minimum Gasteiger partial charge on any atom is -0.491 e. The van der Waals surface area contributed by atoms with Crippen LogP contribution in [-0.4, -0.2) is 55.4 Å². The lowest BCUT2D eigenvalue weighted by Crippen LogP contribution is -2.49. The summed E-state index contributed by atoms with van der Waals surface area (Å²) in [7, 11) is 0. The highest BCUT2D eigenvalue weighted by Crippen LogP contribution is 2.31. The van der Waals surface area contributed by atoms with Crippen molar-refractivity contribution >= 4 is 17.3 Å². The highest BCUT2D eigenvalue weighted by molar-refractivity contribution is 6.30. The molecule has 28 heavy (non-hydrogen) atoms. The maximum atomic E-state index is 12.9. The molecular formula is C20H22ClF3N2O2. The molecule has 1 heterocycles. The van der Waals surface area contributed by atoms with Gasteiger partial charge in [-0.2, -0.15) is 13.2 Å². The monoisotopic (exact) mass is 414 g/mol. The van der Waals surface area contributed by atoms with Crippen molar-refractivity contribution in [1.82, 2.24) is 4.90 Å². The van der Waals surface area contributed by atoms with Gasteiger partial charge in [-0.1, -0.05) is 17.7 Å². The third-order valence-corrected chi connectivity index (χ3v) is 4.89. The molecule has 1 aliphatic rings. The zero-order valence-corrected chi connectivity index (χ0v) is 16.0. The van der Waals surface area contributed by atoms with Gasteiger partial charge in [0.1, 0.15) is 18.5 Å². The number of hydrogen-bond acceptors (Lipinski definition) is 4. The molecule has 0 unspecified atom stereocenters. The summed E-state index contributed by atoms with van der Waals surface area (Å²) in [5.41, 5.74) is -0.0664. The van der Waals surface area contributed by atoms with Crippen LogP contribution in [0.2, 0.25) is 5.02 Å². The number of benzene rings is 2. The first-order chi connectivity index (χ1) is 13.3. The number of aliphatic hydroxyl groups excluding tert-OH is 1. The van der Waals surface area contributed by atoms with Gasteiger partial charge in [0.05, 0.1) is 5.56 Å². The van der Waals surface area contributed by atoms with Gasteiger partial charge in [0.2, 0.25) is 0 Å². The number of β-amino-alcohol motifs (C(OH)–C–C–N with tert-alkyl or cyclic N) is 1. The average Bonchev–Trinajstić information content (AvgIpc) is 2.68. The van der Waals surface area contributed by atoms with Gasteiger partial charge in [-0.05, 0) is 42.5 Å². The van der Waals surface area contributed by atoms with Gasteiger partial charge in [0, 0.05) is 43.4 Å². The number of anilines is 1. The molecule has 0 radical (unpaired) electrons. The Morgan fingerprint density at radius 1 is 1.04 bits per heavy atom. The SMILES string of the molecule is O[C@@H](COc1ccc(Cl)cc1)CN1CCN(c2cccc(C(F)(F)F)c2)CC1. The number of ether oxygens (including phenoxy) is 1. The summed E-state index contributed by atoms with van der Waals surface area (Å²) < 4.78 is 44.2. The molecule has 0 aliphatic carbocycles. The normalized spacial score (nSPS) is 16.8. The highest BCUT2D eigenvalue weighted by Gasteiger charge is 2.31. The van der Waals surface area contributed by atoms with E-state index in [-0.39, 0.29) is 6.61 Å². The Morgan fingerprint density at radius 3 is 2.36 bits per heavy atom. The molecule has 0 aromatic heterocycles. The summed E-state index contributed by atoms with van der Waals surface area (Å²) in [5, 5.41) is 10.8. The van der Waals surface area contributed by atoms with Gasteiger partial charge in [-0.25, -0.2) is 0 Å². The molecule has 0 saturated carbocycles. The molecular weight excluding hydrogens is 393 g/mol. The van der Waals surface area contributed by atoms with Crippen molar-refractivity contribution in [2.24, 2.45) is 0 Å². The smallest absolute Gasteiger partial charge is 0.416 e. The van der Waals surface area contributed by atoms with Crippen LogP contribution in [0.5, 0.6) is 5.75 Å². The quantitative estimate of drug-likeness (QED) is 0.777. The molecule has 0 amide bonds. The van der Waals surface area contributed by atoms with Crippen LogP contribution >= 0.6 is 11.6 Å². The average molecular weight is 415 g/mol. The fourth-order valence-electron chi connectivity index (χ4n) is 3.14. The van der Waals surface area contributed by atoms with Crippen LogP contribution in [0.3, 0.4) is 0 Å². The van der Waals surface area contributed by atoms with E-state index in [9.17, 15) is 18.3 Å². The number of aliphatic hydroxyl groups is 1. The molecule has 1 aliphatic heterocycles. The van der Waals surface area contributed by atoms with E-state index in [2.05, 4.69) is 4.90 Å². The van der Waals surface area contributed by atoms with Gasteiger partial charge in [-0.15, -0.1) is 0 Å². The van der Waals surface area contributed by atoms with Gasteiger partial charge in [-0.3, -0.25) is 4.90 Å². The van der Waals surface area contributed by atoms with E-state index in [0.29, 0.717) is 49.2 Å². The van der Waals surface area contributed by atoms with Crippen molar-refractivity contribution in [1.29, 1.82) is 0 Å². The Hall–Kier alpha value is -1.96. The van der Waals surface area contributed by atoms with Crippen LogP contribution in [-0.2, 0) is 6.18 Å². The fourth-order valence-corrected chi connectivity index (χ4v) is 3.27. The standard InChI is InChI=1S/C20H22ClF3N2O2/c21-16-4-6-19(7-5-16)28-14-18(27)13-25-8-10-26(11-9-25)17-3-1-2-15(12-17)20(22,23)24/h1-7,12,18,27H,8-11,13-14H2/t18-/m1/s1. The minimum absolute atomic E-state index is 0.162. The third kappa shape index (κ3) is 5.77. The summed E-state index contributed by atoms with van der Waals surface area (Å²) in [4.78, 5) is 4.02. The summed E-state index contributed by atoms with van der Waals surface area (Å²) in [6.07, 6.45) is -5.00. The van der Waals surface area contributed by atoms with E-state index in [1.807, 2.05) is 4.90 Å². The van der Waals surface area contributed by atoms with Crippen LogP contribution in [0.25, 0.3) is 0 Å². The van der Waals surface area contributed by atoms with Crippen LogP contribution in [0.15, 0.2) is 48.5 Å². The maximum absolute atomic E-state index is 12.9. The van der Waals surface area contributed by atoms with E-state index in [4.69, 9.17) is 16.3 Å². The molecule has 4 nitrogen and oxygen atoms in total. The van der Waals surface area contributed by atoms with Crippen LogP contribution in [0.4, 0.5) is 18.9 Å². The molecule has 152 valence electrons. The van der Waals surface area contributed by atoms with Crippen LogP contribution in [0, 0.1) is 0 Å². The number of piperazine rings is 1. The van der Waals surface area contributed by atoms with Gasteiger partial charge in [0.15, 0.2) is 0 Å². The van der Waals surface area contributed by atoms with Crippen LogP contribution < -0.4 is 9.64 Å². The first kappa shape index (κ1) is 20.8. The number of rotatable bonds is 6. The number of nitrogens with zero attached hydrogens (tertiary/aromatic N) is 2. The molecule has 1 N–H and O–H groups in total. The van der Waals surface area contributed by atoms with E-state index in [0.717, 1.165) is 6.07 Å². The van der Waals surface area contributed by atoms with Gasteiger partial charge >= 0.3 is 6.18 Å². The number of hydrogen-bond donors (Lipinski definition) is 1. The van der Waals surface area contributed by atoms with Crippen molar-refractivity contribution in [3.8, 4) is 5.75 Å². The molecule has 3 rings (SSSR count).